The van der Waals surface area contributed by atoms with E-state index in [-0.39, 0.29) is 17.7 Å². The van der Waals surface area contributed by atoms with Crippen molar-refractivity contribution in [3.8, 4) is 17.7 Å². The van der Waals surface area contributed by atoms with Gasteiger partial charge in [-0.2, -0.15) is 10.2 Å². The number of hydrogen-bond donors (Lipinski definition) is 0. The third-order valence-corrected chi connectivity index (χ3v) is 5.29. The van der Waals surface area contributed by atoms with E-state index in [1.54, 1.807) is 24.1 Å². The number of likely N-dealkylation sites (tertiary alicyclic amines) is 1. The van der Waals surface area contributed by atoms with Gasteiger partial charge in [-0.3, -0.25) is 0 Å². The van der Waals surface area contributed by atoms with Crippen molar-refractivity contribution in [2.24, 2.45) is 5.92 Å². The Morgan fingerprint density at radius 1 is 1.35 bits per heavy atom. The summed E-state index contributed by atoms with van der Waals surface area (Å²) >= 11 is 0. The minimum absolute atomic E-state index is 0.271. The van der Waals surface area contributed by atoms with Crippen LogP contribution in [0, 0.1) is 17.2 Å². The van der Waals surface area contributed by atoms with Crippen LogP contribution >= 0.6 is 0 Å². The number of rotatable bonds is 7. The lowest BCUT2D eigenvalue weighted by molar-refractivity contribution is 0.0786. The van der Waals surface area contributed by atoms with Crippen molar-refractivity contribution in [1.29, 1.82) is 5.26 Å². The normalized spacial score (nSPS) is 14.6. The molecule has 0 N–H and O–H groups in total. The standard InChI is InChI=1S/C21H23N5O5/c1-28-9-2-10-29-21(27)26-7-4-14(5-8-26)11-19-24-20(31-25-19)18-12-15-16(13-22)23-6-3-17(15)30-18/h3,6,12,14H,2,4-5,7-11H2,1H3. The molecule has 10 heteroatoms. The molecular weight excluding hydrogens is 402 g/mol. The summed E-state index contributed by atoms with van der Waals surface area (Å²) in [6.45, 7) is 2.23. The van der Waals surface area contributed by atoms with Crippen molar-refractivity contribution in [2.45, 2.75) is 25.7 Å². The molecule has 0 aromatic carbocycles. The Kier molecular flexibility index (Phi) is 6.43. The molecule has 0 aliphatic carbocycles. The van der Waals surface area contributed by atoms with E-state index in [0.29, 0.717) is 67.6 Å². The van der Waals surface area contributed by atoms with Crippen LogP contribution in [0.3, 0.4) is 0 Å². The maximum Gasteiger partial charge on any atom is 0.409 e. The van der Waals surface area contributed by atoms with E-state index in [2.05, 4.69) is 15.1 Å². The Morgan fingerprint density at radius 2 is 2.19 bits per heavy atom. The van der Waals surface area contributed by atoms with Crippen LogP contribution in [0.25, 0.3) is 22.6 Å². The van der Waals surface area contributed by atoms with Gasteiger partial charge in [0.2, 0.25) is 0 Å². The van der Waals surface area contributed by atoms with Crippen molar-refractivity contribution in [3.63, 3.8) is 0 Å². The fraction of sp³-hybridized carbons (Fsp3) is 0.476. The van der Waals surface area contributed by atoms with E-state index in [0.717, 1.165) is 12.8 Å². The summed E-state index contributed by atoms with van der Waals surface area (Å²) in [6, 6.07) is 5.42. The number of carbonyl (C=O) groups excluding carboxylic acids is 1. The summed E-state index contributed by atoms with van der Waals surface area (Å²) in [6.07, 6.45) is 4.30. The maximum atomic E-state index is 12.1. The smallest absolute Gasteiger partial charge is 0.409 e. The van der Waals surface area contributed by atoms with E-state index in [9.17, 15) is 10.1 Å². The summed E-state index contributed by atoms with van der Waals surface area (Å²) in [5.74, 6) is 1.62. The number of fused-ring (bicyclic) bond motifs is 1. The largest absolute Gasteiger partial charge is 0.451 e. The lowest BCUT2D eigenvalue weighted by Gasteiger charge is -2.30. The van der Waals surface area contributed by atoms with Gasteiger partial charge in [0.1, 0.15) is 11.7 Å². The highest BCUT2D eigenvalue weighted by Gasteiger charge is 2.25. The van der Waals surface area contributed by atoms with Crippen LogP contribution < -0.4 is 0 Å². The Bertz CT molecular complexity index is 1080. The number of nitrogens with zero attached hydrogens (tertiary/aromatic N) is 5. The molecule has 0 atom stereocenters. The predicted octanol–water partition coefficient (Wildman–Crippen LogP) is 3.18. The van der Waals surface area contributed by atoms with Crippen molar-refractivity contribution >= 4 is 17.1 Å². The molecular formula is C21H23N5O5. The number of methoxy groups -OCH3 is 1. The van der Waals surface area contributed by atoms with E-state index in [1.807, 2.05) is 6.07 Å². The van der Waals surface area contributed by atoms with E-state index >= 15 is 0 Å². The van der Waals surface area contributed by atoms with Gasteiger partial charge >= 0.3 is 6.09 Å². The molecule has 0 unspecified atom stereocenters. The van der Waals surface area contributed by atoms with Crippen molar-refractivity contribution in [1.82, 2.24) is 20.0 Å². The van der Waals surface area contributed by atoms with E-state index in [1.165, 1.54) is 6.20 Å². The zero-order valence-electron chi connectivity index (χ0n) is 17.2. The molecule has 1 aliphatic heterocycles. The van der Waals surface area contributed by atoms with E-state index < -0.39 is 0 Å². The number of furan rings is 1. The summed E-state index contributed by atoms with van der Waals surface area (Å²) in [5.41, 5.74) is 0.832. The molecule has 0 spiro atoms. The molecule has 162 valence electrons. The van der Waals surface area contributed by atoms with Crippen LogP contribution in [0.2, 0.25) is 0 Å². The third kappa shape index (κ3) is 4.83. The highest BCUT2D eigenvalue weighted by Crippen LogP contribution is 2.29. The Labute approximate surface area is 178 Å². The number of pyridine rings is 1. The Balaban J connectivity index is 1.31. The molecule has 10 nitrogen and oxygen atoms in total. The zero-order valence-corrected chi connectivity index (χ0v) is 17.2. The molecule has 4 heterocycles. The Hall–Kier alpha value is -3.45. The number of ether oxygens (including phenoxy) is 2. The lowest BCUT2D eigenvalue weighted by Crippen LogP contribution is -2.39. The van der Waals surface area contributed by atoms with Crippen molar-refractivity contribution in [3.05, 3.63) is 29.8 Å². The highest BCUT2D eigenvalue weighted by atomic mass is 16.6. The average molecular weight is 425 g/mol. The fourth-order valence-electron chi connectivity index (χ4n) is 3.63. The van der Waals surface area contributed by atoms with E-state index in [4.69, 9.17) is 18.4 Å². The van der Waals surface area contributed by atoms with Crippen LogP contribution in [0.15, 0.2) is 27.3 Å². The molecule has 3 aromatic heterocycles. The van der Waals surface area contributed by atoms with Crippen LogP contribution in [-0.4, -0.2) is 59.5 Å². The number of carbonyl (C=O) groups is 1. The molecule has 0 saturated carbocycles. The molecule has 0 radical (unpaired) electrons. The topological polar surface area (TPSA) is 128 Å². The second-order valence-electron chi connectivity index (χ2n) is 7.40. The summed E-state index contributed by atoms with van der Waals surface area (Å²) in [7, 11) is 1.62. The number of aromatic nitrogens is 3. The first-order chi connectivity index (χ1) is 15.2. The highest BCUT2D eigenvalue weighted by molar-refractivity contribution is 5.85. The molecule has 4 rings (SSSR count). The average Bonchev–Trinajstić information content (AvgIpc) is 3.43. The van der Waals surface area contributed by atoms with Crippen LogP contribution in [0.4, 0.5) is 4.79 Å². The lowest BCUT2D eigenvalue weighted by atomic mass is 9.93. The van der Waals surface area contributed by atoms with Gasteiger partial charge in [-0.25, -0.2) is 9.78 Å². The second-order valence-corrected chi connectivity index (χ2v) is 7.40. The maximum absolute atomic E-state index is 12.1. The van der Waals surface area contributed by atoms with Gasteiger partial charge < -0.3 is 23.3 Å². The molecule has 31 heavy (non-hydrogen) atoms. The van der Waals surface area contributed by atoms with Crippen molar-refractivity contribution in [2.75, 3.05) is 33.4 Å². The van der Waals surface area contributed by atoms with Gasteiger partial charge in [0, 0.05) is 51.9 Å². The molecule has 1 amide bonds. The quantitative estimate of drug-likeness (QED) is 0.524. The summed E-state index contributed by atoms with van der Waals surface area (Å²) < 4.78 is 21.3. The number of piperidine rings is 1. The van der Waals surface area contributed by atoms with Gasteiger partial charge in [-0.05, 0) is 24.8 Å². The monoisotopic (exact) mass is 425 g/mol. The minimum Gasteiger partial charge on any atom is -0.451 e. The third-order valence-electron chi connectivity index (χ3n) is 5.29. The zero-order chi connectivity index (χ0) is 21.6. The number of nitriles is 1. The SMILES string of the molecule is COCCCOC(=O)N1CCC(Cc2noc(-c3cc4c(C#N)nccc4o3)n2)CC1. The van der Waals surface area contributed by atoms with Gasteiger partial charge in [0.25, 0.3) is 5.89 Å². The van der Waals surface area contributed by atoms with Gasteiger partial charge in [0.05, 0.1) is 12.0 Å². The number of hydrogen-bond acceptors (Lipinski definition) is 9. The molecule has 1 saturated heterocycles. The first-order valence-corrected chi connectivity index (χ1v) is 10.2. The van der Waals surface area contributed by atoms with Crippen LogP contribution in [0.1, 0.15) is 30.8 Å². The van der Waals surface area contributed by atoms with Crippen LogP contribution in [-0.2, 0) is 15.9 Å². The fourth-order valence-corrected chi connectivity index (χ4v) is 3.63. The van der Waals surface area contributed by atoms with Gasteiger partial charge in [-0.15, -0.1) is 0 Å². The molecule has 1 fully saturated rings. The van der Waals surface area contributed by atoms with Gasteiger partial charge in [-0.1, -0.05) is 5.16 Å². The molecule has 3 aromatic rings. The van der Waals surface area contributed by atoms with Crippen molar-refractivity contribution < 1.29 is 23.2 Å². The first-order valence-electron chi connectivity index (χ1n) is 10.2. The molecule has 0 bridgehead atoms. The number of amides is 1. The van der Waals surface area contributed by atoms with Gasteiger partial charge in [0.15, 0.2) is 17.3 Å². The summed E-state index contributed by atoms with van der Waals surface area (Å²) in [5, 5.41) is 13.9. The second kappa shape index (κ2) is 9.57. The predicted molar refractivity (Wildman–Crippen MR) is 108 cm³/mol. The molecule has 1 aliphatic rings. The van der Waals surface area contributed by atoms with Crippen LogP contribution in [0.5, 0.6) is 0 Å². The summed E-state index contributed by atoms with van der Waals surface area (Å²) in [4.78, 5) is 22.3. The Morgan fingerprint density at radius 3 is 2.97 bits per heavy atom. The minimum atomic E-state index is -0.271. The first kappa shape index (κ1) is 20.8.